The van der Waals surface area contributed by atoms with E-state index in [1.807, 2.05) is 35.2 Å². The summed E-state index contributed by atoms with van der Waals surface area (Å²) in [4.78, 5) is 15.8. The second-order valence-electron chi connectivity index (χ2n) is 6.33. The van der Waals surface area contributed by atoms with Gasteiger partial charge in [-0.05, 0) is 48.6 Å². The summed E-state index contributed by atoms with van der Waals surface area (Å²) < 4.78 is 0. The number of rotatable bonds is 2. The maximum absolute atomic E-state index is 12.6. The van der Waals surface area contributed by atoms with Gasteiger partial charge in [0.2, 0.25) is 5.91 Å². The van der Waals surface area contributed by atoms with E-state index in [-0.39, 0.29) is 11.4 Å². The molecule has 2 nitrogen and oxygen atoms in total. The van der Waals surface area contributed by atoms with Gasteiger partial charge in [-0.1, -0.05) is 59.8 Å². The van der Waals surface area contributed by atoms with Crippen LogP contribution in [0.2, 0.25) is 0 Å². The van der Waals surface area contributed by atoms with Gasteiger partial charge in [-0.15, -0.1) is 0 Å². The van der Waals surface area contributed by atoms with Gasteiger partial charge in [-0.2, -0.15) is 0 Å². The quantitative estimate of drug-likeness (QED) is 0.756. The van der Waals surface area contributed by atoms with Crippen molar-refractivity contribution in [2.24, 2.45) is 0 Å². The third kappa shape index (κ3) is 2.49. The van der Waals surface area contributed by atoms with E-state index < -0.39 is 0 Å². The topological polar surface area (TPSA) is 20.3 Å². The Balaban J connectivity index is 1.78. The lowest BCUT2D eigenvalue weighted by molar-refractivity contribution is -0.117. The van der Waals surface area contributed by atoms with Crippen LogP contribution >= 0.6 is 11.8 Å². The molecular formula is C21H19NOS. The number of amides is 1. The number of carbonyl (C=O) groups is 1. The van der Waals surface area contributed by atoms with Gasteiger partial charge in [-0.25, -0.2) is 0 Å². The fraction of sp³-hybridized carbons (Fsp3) is 0.190. The molecule has 0 bridgehead atoms. The summed E-state index contributed by atoms with van der Waals surface area (Å²) in [7, 11) is 0. The van der Waals surface area contributed by atoms with E-state index >= 15 is 0 Å². The smallest absolute Gasteiger partial charge is 0.228 e. The summed E-state index contributed by atoms with van der Waals surface area (Å²) >= 11 is 1.72. The Morgan fingerprint density at radius 3 is 2.58 bits per heavy atom. The first-order valence-corrected chi connectivity index (χ1v) is 9.08. The molecule has 24 heavy (non-hydrogen) atoms. The molecule has 2 aliphatic rings. The third-order valence-corrected chi connectivity index (χ3v) is 5.72. The molecule has 1 atom stereocenters. The normalized spacial score (nSPS) is 24.5. The van der Waals surface area contributed by atoms with Crippen molar-refractivity contribution in [2.75, 3.05) is 4.90 Å². The number of para-hydroxylation sites is 1. The molecule has 0 aromatic heterocycles. The minimum atomic E-state index is -0.325. The monoisotopic (exact) mass is 333 g/mol. The molecule has 0 aliphatic carbocycles. The molecule has 1 unspecified atom stereocenters. The molecule has 0 N–H and O–H groups in total. The zero-order valence-electron chi connectivity index (χ0n) is 13.6. The number of thioether (sulfide) groups is 1. The average molecular weight is 333 g/mol. The maximum atomic E-state index is 12.6. The first-order valence-electron chi connectivity index (χ1n) is 8.20. The van der Waals surface area contributed by atoms with Gasteiger partial charge >= 0.3 is 0 Å². The van der Waals surface area contributed by atoms with Crippen LogP contribution in [0.25, 0.3) is 6.08 Å². The minimum Gasteiger partial charge on any atom is -0.298 e. The van der Waals surface area contributed by atoms with E-state index in [1.165, 1.54) is 16.0 Å². The van der Waals surface area contributed by atoms with E-state index in [0.717, 1.165) is 12.1 Å². The van der Waals surface area contributed by atoms with Gasteiger partial charge in [0.15, 0.2) is 0 Å². The Hall–Kier alpha value is -2.26. The van der Waals surface area contributed by atoms with E-state index in [9.17, 15) is 4.79 Å². The lowest BCUT2D eigenvalue weighted by atomic mass is 9.93. The zero-order chi connectivity index (χ0) is 16.6. The van der Waals surface area contributed by atoms with Crippen LogP contribution in [0.5, 0.6) is 0 Å². The zero-order valence-corrected chi connectivity index (χ0v) is 14.4. The number of aryl methyl sites for hydroxylation is 1. The number of hydrogen-bond acceptors (Lipinski definition) is 2. The van der Waals surface area contributed by atoms with Gasteiger partial charge in [-0.3, -0.25) is 9.69 Å². The fourth-order valence-electron chi connectivity index (χ4n) is 3.46. The van der Waals surface area contributed by atoms with Crippen LogP contribution < -0.4 is 4.90 Å². The molecule has 2 aliphatic heterocycles. The Morgan fingerprint density at radius 2 is 1.83 bits per heavy atom. The van der Waals surface area contributed by atoms with Crippen LogP contribution in [0.1, 0.15) is 24.0 Å². The summed E-state index contributed by atoms with van der Waals surface area (Å²) in [6.45, 7) is 2.09. The molecule has 0 radical (unpaired) electrons. The lowest BCUT2D eigenvalue weighted by Gasteiger charge is -2.35. The highest BCUT2D eigenvalue weighted by Gasteiger charge is 2.49. The summed E-state index contributed by atoms with van der Waals surface area (Å²) in [5.74, 6) is 0.197. The Labute approximate surface area is 146 Å². The van der Waals surface area contributed by atoms with Crippen LogP contribution in [0.3, 0.4) is 0 Å². The molecule has 1 saturated heterocycles. The van der Waals surface area contributed by atoms with Crippen molar-refractivity contribution in [3.05, 3.63) is 82.1 Å². The van der Waals surface area contributed by atoms with Crippen molar-refractivity contribution in [1.29, 1.82) is 0 Å². The van der Waals surface area contributed by atoms with Crippen molar-refractivity contribution in [3.8, 4) is 0 Å². The second-order valence-corrected chi connectivity index (χ2v) is 7.28. The molecule has 120 valence electrons. The van der Waals surface area contributed by atoms with Crippen molar-refractivity contribution >= 4 is 29.4 Å². The first kappa shape index (κ1) is 15.3. The molecule has 3 heteroatoms. The lowest BCUT2D eigenvalue weighted by Crippen LogP contribution is -2.44. The number of benzene rings is 2. The van der Waals surface area contributed by atoms with Gasteiger partial charge in [0.05, 0.1) is 5.54 Å². The summed E-state index contributed by atoms with van der Waals surface area (Å²) in [5.41, 5.74) is 3.08. The first-order chi connectivity index (χ1) is 11.7. The molecule has 1 amide bonds. The minimum absolute atomic E-state index is 0.197. The maximum Gasteiger partial charge on any atom is 0.228 e. The predicted octanol–water partition coefficient (Wildman–Crippen LogP) is 5.16. The molecule has 2 aromatic carbocycles. The molecular weight excluding hydrogens is 314 g/mol. The van der Waals surface area contributed by atoms with Crippen molar-refractivity contribution in [1.82, 2.24) is 0 Å². The van der Waals surface area contributed by atoms with Gasteiger partial charge in [0.25, 0.3) is 0 Å². The average Bonchev–Trinajstić information content (AvgIpc) is 3.15. The molecule has 2 aromatic rings. The molecule has 1 spiro atoms. The van der Waals surface area contributed by atoms with Crippen LogP contribution in [-0.4, -0.2) is 11.4 Å². The molecule has 0 saturated carbocycles. The van der Waals surface area contributed by atoms with Crippen LogP contribution in [0.4, 0.5) is 5.69 Å². The highest BCUT2D eigenvalue weighted by atomic mass is 32.2. The van der Waals surface area contributed by atoms with Crippen molar-refractivity contribution < 1.29 is 4.79 Å². The van der Waals surface area contributed by atoms with E-state index in [1.54, 1.807) is 11.8 Å². The summed E-state index contributed by atoms with van der Waals surface area (Å²) in [6.07, 6.45) is 5.83. The van der Waals surface area contributed by atoms with E-state index in [2.05, 4.69) is 48.7 Å². The van der Waals surface area contributed by atoms with Crippen molar-refractivity contribution in [3.63, 3.8) is 0 Å². The largest absolute Gasteiger partial charge is 0.298 e. The Kier molecular flexibility index (Phi) is 3.81. The van der Waals surface area contributed by atoms with Gasteiger partial charge in [0.1, 0.15) is 0 Å². The SMILES string of the molecule is Cc1ccc(/C=C2\SC=CC23CCC(=O)N3c2ccccc2)cc1. The second kappa shape index (κ2) is 5.99. The Morgan fingerprint density at radius 1 is 1.08 bits per heavy atom. The van der Waals surface area contributed by atoms with Crippen LogP contribution in [0, 0.1) is 6.92 Å². The summed E-state index contributed by atoms with van der Waals surface area (Å²) in [6, 6.07) is 18.5. The van der Waals surface area contributed by atoms with Gasteiger partial charge < -0.3 is 0 Å². The molecule has 4 rings (SSSR count). The number of carbonyl (C=O) groups excluding carboxylic acids is 1. The number of nitrogens with zero attached hydrogens (tertiary/aromatic N) is 1. The van der Waals surface area contributed by atoms with E-state index in [0.29, 0.717) is 6.42 Å². The predicted molar refractivity (Wildman–Crippen MR) is 102 cm³/mol. The highest BCUT2D eigenvalue weighted by Crippen LogP contribution is 2.50. The van der Waals surface area contributed by atoms with E-state index in [4.69, 9.17) is 0 Å². The number of anilines is 1. The number of hydrogen-bond donors (Lipinski definition) is 0. The van der Waals surface area contributed by atoms with Crippen LogP contribution in [0.15, 0.2) is 71.0 Å². The standard InChI is InChI=1S/C21H19NOS/c1-16-7-9-17(10-8-16)15-19-21(13-14-24-19)12-11-20(23)22(21)18-5-3-2-4-6-18/h2-10,13-15H,11-12H2,1H3/b19-15-. The van der Waals surface area contributed by atoms with Crippen molar-refractivity contribution in [2.45, 2.75) is 25.3 Å². The third-order valence-electron chi connectivity index (χ3n) is 4.72. The fourth-order valence-corrected chi connectivity index (χ4v) is 4.57. The Bertz CT molecular complexity index is 823. The van der Waals surface area contributed by atoms with Crippen LogP contribution in [-0.2, 0) is 4.79 Å². The molecule has 2 heterocycles. The molecule has 1 fully saturated rings. The highest BCUT2D eigenvalue weighted by molar-refractivity contribution is 8.06. The van der Waals surface area contributed by atoms with Gasteiger partial charge in [0, 0.05) is 17.0 Å². The summed E-state index contributed by atoms with van der Waals surface area (Å²) in [5, 5.41) is 2.12.